The van der Waals surface area contributed by atoms with Gasteiger partial charge < -0.3 is 49.9 Å². The third kappa shape index (κ3) is 14.4. The van der Waals surface area contributed by atoms with E-state index in [0.717, 1.165) is 125 Å². The summed E-state index contributed by atoms with van der Waals surface area (Å²) in [6.45, 7) is 9.36. The normalized spacial score (nSPS) is 17.6. The Hall–Kier alpha value is -9.43. The molecule has 0 bridgehead atoms. The van der Waals surface area contributed by atoms with Crippen molar-refractivity contribution in [3.05, 3.63) is 157 Å². The minimum Gasteiger partial charge on any atom is -0.490 e. The number of carboxylic acid groups (broad SMARTS) is 2. The molecular weight excluding hydrogens is 1310 g/mol. The lowest BCUT2D eigenvalue weighted by Crippen LogP contribution is -2.29. The number of carbonyl (C=O) groups is 3. The van der Waals surface area contributed by atoms with Crippen LogP contribution in [0.4, 0.5) is 17.1 Å². The van der Waals surface area contributed by atoms with Crippen molar-refractivity contribution in [2.75, 3.05) is 108 Å². The average molecular weight is 1380 g/mol. The number of amides is 1. The standard InChI is InChI=1S/C23H26N4O3S.C22H23N5O3S.C20H23N5O3S.2CH2O2/c1-25-11-7-17(8-12-25)21-16-27(22-6-3-10-24-23(21)22)31(29,30)20-5-2-4-18(14-20)26-13-9-19(28)15-26;1-15(28)26-13-9-17-14-18(5-6-19(17)26)31(29,30)27-20-4-3-10-23-22(20)21(24-27)16-7-11-25(2)12-8-16;1-24-11-12-28-18-13-15(4-5-16(18)24)29(26,27)25-17-3-2-8-22-20(17)19(23-25)14-6-9-21-10-7-14;2*2-1-3/h2-7,10,14,16,19,28H,8-9,11-13,15H2,1H3;3-7,10,14H,8-9,11-13H2,1-2H3;2-5,8,13-14,21H,6-7,9-12H2,1H3;2*1H,(H,2,3). The summed E-state index contributed by atoms with van der Waals surface area (Å²) in [5, 5.41) is 36.1. The van der Waals surface area contributed by atoms with Gasteiger partial charge in [0, 0.05) is 113 Å². The van der Waals surface area contributed by atoms with E-state index < -0.39 is 30.1 Å². The highest BCUT2D eigenvalue weighted by Crippen LogP contribution is 2.38. The van der Waals surface area contributed by atoms with Gasteiger partial charge in [0.15, 0.2) is 0 Å². The van der Waals surface area contributed by atoms with Gasteiger partial charge in [0.1, 0.15) is 40.1 Å². The highest BCUT2D eigenvalue weighted by molar-refractivity contribution is 7.90. The number of likely N-dealkylation sites (N-methyl/N-ethyl adjacent to an activating group) is 3. The Morgan fingerprint density at radius 2 is 1.21 bits per heavy atom. The second kappa shape index (κ2) is 29.5. The molecule has 6 aliphatic heterocycles. The van der Waals surface area contributed by atoms with Crippen LogP contribution < -0.4 is 24.8 Å². The molecule has 97 heavy (non-hydrogen) atoms. The zero-order chi connectivity index (χ0) is 68.8. The van der Waals surface area contributed by atoms with E-state index in [2.05, 4.69) is 64.4 Å². The van der Waals surface area contributed by atoms with E-state index in [1.807, 2.05) is 25.1 Å². The molecule has 4 N–H and O–H groups in total. The maximum Gasteiger partial charge on any atom is 0.290 e. The number of hydrogen-bond acceptors (Lipinski definition) is 21. The summed E-state index contributed by atoms with van der Waals surface area (Å²) in [5.74, 6) is 0.730. The zero-order valence-corrected chi connectivity index (χ0v) is 56.4. The van der Waals surface area contributed by atoms with Crippen molar-refractivity contribution in [3.8, 4) is 5.75 Å². The first kappa shape index (κ1) is 68.9. The van der Waals surface area contributed by atoms with Gasteiger partial charge in [0.2, 0.25) is 5.91 Å². The van der Waals surface area contributed by atoms with Gasteiger partial charge in [-0.1, -0.05) is 18.2 Å². The van der Waals surface area contributed by atoms with Gasteiger partial charge in [-0.3, -0.25) is 29.3 Å². The molecule has 15 rings (SSSR count). The quantitative estimate of drug-likeness (QED) is 0.110. The lowest BCUT2D eigenvalue weighted by Gasteiger charge is -2.27. The minimum absolute atomic E-state index is 0.0467. The minimum atomic E-state index is -3.93. The number of aromatic nitrogens is 8. The smallest absolute Gasteiger partial charge is 0.290 e. The van der Waals surface area contributed by atoms with Gasteiger partial charge in [-0.15, -0.1) is 0 Å². The van der Waals surface area contributed by atoms with Crippen molar-refractivity contribution < 1.29 is 59.7 Å². The van der Waals surface area contributed by atoms with Crippen LogP contribution in [0.1, 0.15) is 67.5 Å². The van der Waals surface area contributed by atoms with Gasteiger partial charge in [-0.2, -0.15) is 35.2 Å². The molecule has 510 valence electrons. The first-order chi connectivity index (χ1) is 46.7. The number of anilines is 3. The molecule has 1 atom stereocenters. The fourth-order valence-electron chi connectivity index (χ4n) is 12.8. The number of nitrogens with zero attached hydrogens (tertiary/aromatic N) is 13. The summed E-state index contributed by atoms with van der Waals surface area (Å²) in [7, 11) is -5.53. The fourth-order valence-corrected chi connectivity index (χ4v) is 16.8. The molecule has 27 nitrogen and oxygen atoms in total. The maximum absolute atomic E-state index is 13.7. The van der Waals surface area contributed by atoms with Crippen molar-refractivity contribution in [3.63, 3.8) is 0 Å². The summed E-state index contributed by atoms with van der Waals surface area (Å²) in [5.41, 5.74) is 11.3. The van der Waals surface area contributed by atoms with Crippen molar-refractivity contribution in [2.24, 2.45) is 0 Å². The molecular formula is C67H76N14O13S3. The third-order valence-corrected chi connectivity index (χ3v) is 22.7. The van der Waals surface area contributed by atoms with Crippen molar-refractivity contribution in [1.82, 2.24) is 52.4 Å². The summed E-state index contributed by atoms with van der Waals surface area (Å²) in [6.07, 6.45) is 15.5. The highest BCUT2D eigenvalue weighted by atomic mass is 32.2. The predicted octanol–water partition coefficient (Wildman–Crippen LogP) is 6.22. The van der Waals surface area contributed by atoms with E-state index in [1.165, 1.54) is 10.9 Å². The molecule has 9 aromatic rings. The Kier molecular flexibility index (Phi) is 21.0. The number of β-amino-alcohol motifs (C(OH)–C–C–N with tert-alkyl or cyclic N) is 1. The summed E-state index contributed by atoms with van der Waals surface area (Å²) in [4.78, 5) is 52.7. The van der Waals surface area contributed by atoms with Crippen LogP contribution in [-0.4, -0.2) is 206 Å². The Morgan fingerprint density at radius 1 is 0.619 bits per heavy atom. The number of hydrogen-bond donors (Lipinski definition) is 4. The van der Waals surface area contributed by atoms with Crippen LogP contribution in [0.5, 0.6) is 5.75 Å². The molecule has 3 aromatic carbocycles. The van der Waals surface area contributed by atoms with Crippen molar-refractivity contribution in [2.45, 2.75) is 72.2 Å². The number of piperidine rings is 1. The van der Waals surface area contributed by atoms with Gasteiger partial charge in [0.05, 0.1) is 49.7 Å². The number of nitrogens with one attached hydrogen (secondary N) is 1. The Balaban J connectivity index is 0.000000142. The molecule has 2 fully saturated rings. The number of carbonyl (C=O) groups excluding carboxylic acids is 1. The largest absolute Gasteiger partial charge is 0.490 e. The second-order valence-electron chi connectivity index (χ2n) is 24.1. The van der Waals surface area contributed by atoms with Crippen LogP contribution >= 0.6 is 0 Å². The molecule has 0 aliphatic carbocycles. The van der Waals surface area contributed by atoms with E-state index in [0.29, 0.717) is 83.6 Å². The molecule has 1 amide bonds. The Morgan fingerprint density at radius 3 is 1.84 bits per heavy atom. The monoisotopic (exact) mass is 1380 g/mol. The number of rotatable bonds is 10. The van der Waals surface area contributed by atoms with Crippen LogP contribution in [-0.2, 0) is 50.9 Å². The first-order valence-corrected chi connectivity index (χ1v) is 35.9. The lowest BCUT2D eigenvalue weighted by molar-refractivity contribution is -0.123. The highest BCUT2D eigenvalue weighted by Gasteiger charge is 2.33. The van der Waals surface area contributed by atoms with E-state index >= 15 is 0 Å². The molecule has 30 heteroatoms. The van der Waals surface area contributed by atoms with Crippen LogP contribution in [0.25, 0.3) is 44.2 Å². The maximum atomic E-state index is 13.7. The number of ether oxygens (including phenoxy) is 1. The van der Waals surface area contributed by atoms with Crippen LogP contribution in [0.3, 0.4) is 0 Å². The number of aliphatic hydroxyl groups is 1. The van der Waals surface area contributed by atoms with E-state index in [1.54, 1.807) is 121 Å². The van der Waals surface area contributed by atoms with Crippen LogP contribution in [0, 0.1) is 0 Å². The van der Waals surface area contributed by atoms with Gasteiger partial charge >= 0.3 is 0 Å². The van der Waals surface area contributed by atoms with Crippen molar-refractivity contribution >= 4 is 110 Å². The summed E-state index contributed by atoms with van der Waals surface area (Å²) >= 11 is 0. The third-order valence-electron chi connectivity index (χ3n) is 17.9. The SMILES string of the molecule is CC(=O)N1CCc2cc(S(=O)(=O)n3nc(C4=CCN(C)CC4)c4ncccc43)ccc21.CN1CC=C(c2cn(S(=O)(=O)c3cccc(N4CCC(O)C4)c3)c3cccnc23)CC1.CN1CCOc2cc(S(=O)(=O)n3nc(C4CCNCC4)c4ncccc43)ccc21.O=CO.O=CO. The van der Waals surface area contributed by atoms with Gasteiger partial charge in [-0.05, 0) is 167 Å². The Labute approximate surface area is 561 Å². The molecule has 0 spiro atoms. The van der Waals surface area contributed by atoms with Crippen molar-refractivity contribution in [1.29, 1.82) is 0 Å². The van der Waals surface area contributed by atoms with E-state index in [4.69, 9.17) is 24.5 Å². The first-order valence-electron chi connectivity index (χ1n) is 31.6. The predicted molar refractivity (Wildman–Crippen MR) is 368 cm³/mol. The number of aliphatic hydroxyl groups excluding tert-OH is 1. The molecule has 12 heterocycles. The van der Waals surface area contributed by atoms with Crippen LogP contribution in [0.2, 0.25) is 0 Å². The second-order valence-corrected chi connectivity index (χ2v) is 29.5. The molecule has 0 radical (unpaired) electrons. The topological polar surface area (TPSA) is 331 Å². The van der Waals surface area contributed by atoms with E-state index in [-0.39, 0.29) is 45.6 Å². The molecule has 6 aliphatic rings. The fraction of sp³-hybridized carbons (Fsp3) is 0.343. The van der Waals surface area contributed by atoms with E-state index in [9.17, 15) is 35.2 Å². The van der Waals surface area contributed by atoms with Crippen LogP contribution in [0.15, 0.2) is 149 Å². The molecule has 0 saturated carbocycles. The number of benzene rings is 3. The Bertz CT molecular complexity index is 4830. The molecule has 2 saturated heterocycles. The lowest BCUT2D eigenvalue weighted by atomic mass is 9.94. The summed E-state index contributed by atoms with van der Waals surface area (Å²) in [6, 6.07) is 27.4. The molecule has 6 aromatic heterocycles. The average Bonchev–Trinajstić information content (AvgIpc) is 1.64. The zero-order valence-electron chi connectivity index (χ0n) is 54.0. The molecule has 1 unspecified atom stereocenters. The number of fused-ring (bicyclic) bond motifs is 5. The summed E-state index contributed by atoms with van der Waals surface area (Å²) < 4.78 is 90.8. The van der Waals surface area contributed by atoms with Gasteiger partial charge in [0.25, 0.3) is 43.0 Å². The number of pyridine rings is 3. The van der Waals surface area contributed by atoms with Gasteiger partial charge in [-0.25, -0.2) is 12.4 Å².